The molecule has 0 saturated heterocycles. The van der Waals surface area contributed by atoms with Crippen LogP contribution in [0, 0.1) is 17.1 Å². The van der Waals surface area contributed by atoms with Crippen molar-refractivity contribution in [1.82, 2.24) is 0 Å². The van der Waals surface area contributed by atoms with E-state index in [1.807, 2.05) is 18.7 Å². The fraction of sp³-hybridized carbons (Fsp3) is 0.417. The summed E-state index contributed by atoms with van der Waals surface area (Å²) in [5, 5.41) is 8.62. The molecule has 1 aromatic rings. The van der Waals surface area contributed by atoms with Crippen LogP contribution in [-0.4, -0.2) is 12.6 Å². The smallest absolute Gasteiger partial charge is 0.139 e. The van der Waals surface area contributed by atoms with Crippen molar-refractivity contribution in [1.29, 1.82) is 5.26 Å². The molecule has 0 radical (unpaired) electrons. The van der Waals surface area contributed by atoms with Crippen molar-refractivity contribution in [3.05, 3.63) is 22.4 Å². The van der Waals surface area contributed by atoms with Gasteiger partial charge in [-0.3, -0.25) is 0 Å². The first-order valence-corrected chi connectivity index (χ1v) is 6.14. The van der Waals surface area contributed by atoms with E-state index in [4.69, 9.17) is 11.0 Å². The molecule has 0 bridgehead atoms. The molecule has 5 heteroatoms. The van der Waals surface area contributed by atoms with Crippen LogP contribution >= 0.6 is 15.9 Å². The highest BCUT2D eigenvalue weighted by atomic mass is 79.9. The van der Waals surface area contributed by atoms with Crippen LogP contribution in [0.15, 0.2) is 16.6 Å². The van der Waals surface area contributed by atoms with Gasteiger partial charge in [-0.15, -0.1) is 0 Å². The number of rotatable bonds is 4. The number of benzene rings is 1. The minimum atomic E-state index is -0.350. The van der Waals surface area contributed by atoms with Crippen molar-refractivity contribution in [3.8, 4) is 6.07 Å². The van der Waals surface area contributed by atoms with Crippen LogP contribution in [0.1, 0.15) is 20.3 Å². The Kier molecular flexibility index (Phi) is 4.76. The highest BCUT2D eigenvalue weighted by Crippen LogP contribution is 2.30. The molecule has 0 aliphatic heterocycles. The van der Waals surface area contributed by atoms with Crippen molar-refractivity contribution in [3.63, 3.8) is 0 Å². The molecule has 2 N–H and O–H groups in total. The van der Waals surface area contributed by atoms with Gasteiger partial charge in [0.2, 0.25) is 0 Å². The molecule has 1 rings (SSSR count). The zero-order valence-electron chi connectivity index (χ0n) is 9.87. The van der Waals surface area contributed by atoms with Crippen molar-refractivity contribution >= 4 is 27.3 Å². The maximum Gasteiger partial charge on any atom is 0.139 e. The lowest BCUT2D eigenvalue weighted by Crippen LogP contribution is -2.32. The fourth-order valence-electron chi connectivity index (χ4n) is 1.63. The summed E-state index contributed by atoms with van der Waals surface area (Å²) in [6.45, 7) is 4.51. The second kappa shape index (κ2) is 5.87. The van der Waals surface area contributed by atoms with Crippen LogP contribution in [-0.2, 0) is 0 Å². The molecule has 3 nitrogen and oxygen atoms in total. The van der Waals surface area contributed by atoms with Crippen LogP contribution in [0.3, 0.4) is 0 Å². The Labute approximate surface area is 109 Å². The lowest BCUT2D eigenvalue weighted by Gasteiger charge is -2.29. The number of hydrogen-bond acceptors (Lipinski definition) is 3. The third-order valence-electron chi connectivity index (χ3n) is 2.47. The molecule has 92 valence electrons. The maximum absolute atomic E-state index is 13.5. The maximum atomic E-state index is 13.5. The number of anilines is 2. The van der Waals surface area contributed by atoms with Gasteiger partial charge in [0, 0.05) is 18.7 Å². The van der Waals surface area contributed by atoms with E-state index in [1.54, 1.807) is 6.07 Å². The van der Waals surface area contributed by atoms with Gasteiger partial charge >= 0.3 is 0 Å². The number of hydrogen-bond donors (Lipinski definition) is 1. The first-order valence-electron chi connectivity index (χ1n) is 5.35. The van der Waals surface area contributed by atoms with E-state index in [1.165, 1.54) is 6.07 Å². The SMILES string of the molecule is CC(C)N(CCC#N)c1cc(F)c(Br)cc1N. The standard InChI is InChI=1S/C12H15BrFN3/c1-8(2)17(5-3-4-15)12-7-10(14)9(13)6-11(12)16/h6-8H,3,5,16H2,1-2H3. The molecule has 0 aliphatic rings. The Balaban J connectivity index is 3.10. The molecule has 0 saturated carbocycles. The molecular formula is C12H15BrFN3. The zero-order valence-corrected chi connectivity index (χ0v) is 11.5. The van der Waals surface area contributed by atoms with Gasteiger partial charge in [-0.25, -0.2) is 4.39 Å². The molecule has 0 aliphatic carbocycles. The zero-order chi connectivity index (χ0) is 13.0. The van der Waals surface area contributed by atoms with Crippen molar-refractivity contribution in [2.75, 3.05) is 17.2 Å². The van der Waals surface area contributed by atoms with Gasteiger partial charge in [0.05, 0.1) is 28.3 Å². The highest BCUT2D eigenvalue weighted by Gasteiger charge is 2.15. The van der Waals surface area contributed by atoms with Crippen LogP contribution in [0.4, 0.5) is 15.8 Å². The minimum Gasteiger partial charge on any atom is -0.397 e. The monoisotopic (exact) mass is 299 g/mol. The van der Waals surface area contributed by atoms with Crippen LogP contribution in [0.25, 0.3) is 0 Å². The molecule has 0 atom stereocenters. The summed E-state index contributed by atoms with van der Waals surface area (Å²) in [7, 11) is 0. The summed E-state index contributed by atoms with van der Waals surface area (Å²) < 4.78 is 13.9. The average Bonchev–Trinajstić information content (AvgIpc) is 2.25. The summed E-state index contributed by atoms with van der Waals surface area (Å²) in [6.07, 6.45) is 0.384. The first-order chi connectivity index (χ1) is 7.97. The number of nitrogens with zero attached hydrogens (tertiary/aromatic N) is 2. The predicted molar refractivity (Wildman–Crippen MR) is 71.2 cm³/mol. The Morgan fingerprint density at radius 2 is 2.18 bits per heavy atom. The number of nitrogen functional groups attached to an aromatic ring is 1. The average molecular weight is 300 g/mol. The lowest BCUT2D eigenvalue weighted by atomic mass is 10.2. The molecule has 0 fully saturated rings. The van der Waals surface area contributed by atoms with Crippen LogP contribution < -0.4 is 10.6 Å². The fourth-order valence-corrected chi connectivity index (χ4v) is 1.99. The van der Waals surface area contributed by atoms with E-state index in [9.17, 15) is 4.39 Å². The Bertz CT molecular complexity index is 440. The van der Waals surface area contributed by atoms with Gasteiger partial charge < -0.3 is 10.6 Å². The van der Waals surface area contributed by atoms with E-state index < -0.39 is 0 Å². The summed E-state index contributed by atoms with van der Waals surface area (Å²) in [5.74, 6) is -0.350. The predicted octanol–water partition coefficient (Wildman–Crippen LogP) is 3.30. The summed E-state index contributed by atoms with van der Waals surface area (Å²) in [6, 6.07) is 5.19. The Morgan fingerprint density at radius 3 is 2.71 bits per heavy atom. The molecule has 0 unspecified atom stereocenters. The van der Waals surface area contributed by atoms with Gasteiger partial charge in [-0.1, -0.05) is 0 Å². The van der Waals surface area contributed by atoms with Gasteiger partial charge in [-0.05, 0) is 35.8 Å². The number of halogens is 2. The summed E-state index contributed by atoms with van der Waals surface area (Å²) >= 11 is 3.09. The molecule has 1 aromatic carbocycles. The number of nitriles is 1. The van der Waals surface area contributed by atoms with Gasteiger partial charge in [0.15, 0.2) is 0 Å². The molecule has 0 heterocycles. The van der Waals surface area contributed by atoms with Crippen LogP contribution in [0.2, 0.25) is 0 Å². The lowest BCUT2D eigenvalue weighted by molar-refractivity contribution is 0.617. The minimum absolute atomic E-state index is 0.159. The molecular weight excluding hydrogens is 285 g/mol. The normalized spacial score (nSPS) is 10.4. The van der Waals surface area contributed by atoms with Crippen LogP contribution in [0.5, 0.6) is 0 Å². The van der Waals surface area contributed by atoms with Crippen molar-refractivity contribution in [2.45, 2.75) is 26.3 Å². The van der Waals surface area contributed by atoms with E-state index in [2.05, 4.69) is 22.0 Å². The van der Waals surface area contributed by atoms with E-state index in [0.717, 1.165) is 0 Å². The molecule has 0 amide bonds. The highest BCUT2D eigenvalue weighted by molar-refractivity contribution is 9.10. The quantitative estimate of drug-likeness (QED) is 0.868. The second-order valence-electron chi connectivity index (χ2n) is 4.02. The van der Waals surface area contributed by atoms with Gasteiger partial charge in [-0.2, -0.15) is 5.26 Å². The van der Waals surface area contributed by atoms with Gasteiger partial charge in [0.25, 0.3) is 0 Å². The second-order valence-corrected chi connectivity index (χ2v) is 4.87. The van der Waals surface area contributed by atoms with Crippen molar-refractivity contribution < 1.29 is 4.39 Å². The topological polar surface area (TPSA) is 53.0 Å². The Hall–Kier alpha value is -1.28. The molecule has 0 aromatic heterocycles. The summed E-state index contributed by atoms with van der Waals surface area (Å²) in [4.78, 5) is 1.92. The van der Waals surface area contributed by atoms with E-state index in [-0.39, 0.29) is 11.9 Å². The van der Waals surface area contributed by atoms with Crippen molar-refractivity contribution in [2.24, 2.45) is 0 Å². The summed E-state index contributed by atoms with van der Waals surface area (Å²) in [5.41, 5.74) is 7.02. The van der Waals surface area contributed by atoms with E-state index >= 15 is 0 Å². The van der Waals surface area contributed by atoms with Gasteiger partial charge in [0.1, 0.15) is 5.82 Å². The third-order valence-corrected chi connectivity index (χ3v) is 3.07. The first kappa shape index (κ1) is 13.8. The third kappa shape index (κ3) is 3.34. The molecule has 0 spiro atoms. The molecule has 17 heavy (non-hydrogen) atoms. The van der Waals surface area contributed by atoms with E-state index in [0.29, 0.717) is 28.8 Å². The largest absolute Gasteiger partial charge is 0.397 e. The Morgan fingerprint density at radius 1 is 1.53 bits per heavy atom. The number of nitrogens with two attached hydrogens (primary N) is 1.